The molecule has 0 atom stereocenters. The van der Waals surface area contributed by atoms with E-state index in [2.05, 4.69) is 30.5 Å². The maximum atomic E-state index is 4.41. The first kappa shape index (κ1) is 13.4. The van der Waals surface area contributed by atoms with Crippen LogP contribution in [0.15, 0.2) is 49.3 Å². The second kappa shape index (κ2) is 5.48. The van der Waals surface area contributed by atoms with Crippen LogP contribution in [0.1, 0.15) is 5.56 Å². The lowest BCUT2D eigenvalue weighted by molar-refractivity contribution is 0.785. The largest absolute Gasteiger partial charge is 0.365 e. The van der Waals surface area contributed by atoms with Crippen molar-refractivity contribution in [2.24, 2.45) is 7.05 Å². The van der Waals surface area contributed by atoms with Gasteiger partial charge in [0.25, 0.3) is 0 Å². The minimum Gasteiger partial charge on any atom is -0.365 e. The van der Waals surface area contributed by atoms with E-state index in [1.807, 2.05) is 37.6 Å². The third-order valence-electron chi connectivity index (χ3n) is 3.54. The summed E-state index contributed by atoms with van der Waals surface area (Å²) in [5.74, 6) is 1.55. The van der Waals surface area contributed by atoms with Gasteiger partial charge in [0, 0.05) is 32.2 Å². The minimum absolute atomic E-state index is 0.618. The Bertz CT molecular complexity index is 924. The van der Waals surface area contributed by atoms with Crippen LogP contribution in [0, 0.1) is 0 Å². The summed E-state index contributed by atoms with van der Waals surface area (Å²) in [6, 6.07) is 5.81. The highest BCUT2D eigenvalue weighted by Crippen LogP contribution is 2.18. The van der Waals surface area contributed by atoms with Gasteiger partial charge in [-0.25, -0.2) is 19.6 Å². The lowest BCUT2D eigenvalue weighted by Gasteiger charge is -2.07. The molecule has 23 heavy (non-hydrogen) atoms. The van der Waals surface area contributed by atoms with E-state index in [1.54, 1.807) is 21.8 Å². The average molecular weight is 306 g/mol. The van der Waals surface area contributed by atoms with Crippen molar-refractivity contribution in [3.63, 3.8) is 0 Å². The normalized spacial score (nSPS) is 11.0. The van der Waals surface area contributed by atoms with E-state index in [-0.39, 0.29) is 0 Å². The van der Waals surface area contributed by atoms with Crippen LogP contribution in [0.25, 0.3) is 16.9 Å². The molecular weight excluding hydrogens is 292 g/mol. The molecule has 4 aromatic heterocycles. The molecule has 0 saturated carbocycles. The van der Waals surface area contributed by atoms with Gasteiger partial charge in [0.15, 0.2) is 11.5 Å². The molecule has 0 aliphatic heterocycles. The molecule has 4 heterocycles. The van der Waals surface area contributed by atoms with Gasteiger partial charge < -0.3 is 5.32 Å². The van der Waals surface area contributed by atoms with Crippen molar-refractivity contribution < 1.29 is 0 Å². The highest BCUT2D eigenvalue weighted by atomic mass is 15.3. The van der Waals surface area contributed by atoms with Crippen LogP contribution in [0.3, 0.4) is 0 Å². The SMILES string of the molecule is Cn1ncc2c(NCc3ccc(-n4cccn4)nc3)ncnc21. The number of pyridine rings is 1. The Labute approximate surface area is 131 Å². The summed E-state index contributed by atoms with van der Waals surface area (Å²) in [6.07, 6.45) is 8.71. The van der Waals surface area contributed by atoms with E-state index in [9.17, 15) is 0 Å². The molecule has 0 radical (unpaired) electrons. The third-order valence-corrected chi connectivity index (χ3v) is 3.54. The molecule has 0 amide bonds. The Morgan fingerprint density at radius 1 is 1.09 bits per heavy atom. The molecule has 0 aliphatic carbocycles. The Morgan fingerprint density at radius 3 is 2.83 bits per heavy atom. The van der Waals surface area contributed by atoms with Crippen LogP contribution in [0.5, 0.6) is 0 Å². The van der Waals surface area contributed by atoms with Crippen LogP contribution in [0.4, 0.5) is 5.82 Å². The molecule has 0 saturated heterocycles. The zero-order valence-corrected chi connectivity index (χ0v) is 12.5. The van der Waals surface area contributed by atoms with Gasteiger partial charge in [-0.15, -0.1) is 0 Å². The molecule has 8 heteroatoms. The molecule has 0 fully saturated rings. The van der Waals surface area contributed by atoms with Crippen molar-refractivity contribution in [2.75, 3.05) is 5.32 Å². The van der Waals surface area contributed by atoms with Gasteiger partial charge in [0.05, 0.1) is 11.6 Å². The molecule has 8 nitrogen and oxygen atoms in total. The standard InChI is InChI=1S/C15H14N8/c1-22-15-12(9-21-22)14(18-10-19-15)17-8-11-3-4-13(16-7-11)23-6-2-5-20-23/h2-7,9-10H,8H2,1H3,(H,17,18,19). The number of nitrogens with one attached hydrogen (secondary N) is 1. The van der Waals surface area contributed by atoms with Gasteiger partial charge in [-0.05, 0) is 17.7 Å². The molecule has 4 rings (SSSR count). The number of aromatic nitrogens is 7. The lowest BCUT2D eigenvalue weighted by Crippen LogP contribution is -2.04. The average Bonchev–Trinajstić information content (AvgIpc) is 3.24. The van der Waals surface area contributed by atoms with Crippen molar-refractivity contribution in [1.29, 1.82) is 0 Å². The molecule has 0 aliphatic rings. The molecule has 0 unspecified atom stereocenters. The second-order valence-corrected chi connectivity index (χ2v) is 5.06. The zero-order chi connectivity index (χ0) is 15.6. The molecule has 114 valence electrons. The predicted octanol–water partition coefficient (Wildman–Crippen LogP) is 1.56. The van der Waals surface area contributed by atoms with Gasteiger partial charge in [0.1, 0.15) is 12.1 Å². The number of hydrogen-bond donors (Lipinski definition) is 1. The van der Waals surface area contributed by atoms with Crippen molar-refractivity contribution in [1.82, 2.24) is 34.5 Å². The van der Waals surface area contributed by atoms with Crippen molar-refractivity contribution >= 4 is 16.9 Å². The van der Waals surface area contributed by atoms with E-state index in [1.165, 1.54) is 6.33 Å². The number of aryl methyl sites for hydroxylation is 1. The van der Waals surface area contributed by atoms with Crippen LogP contribution in [0.2, 0.25) is 0 Å². The first-order chi connectivity index (χ1) is 11.3. The van der Waals surface area contributed by atoms with Gasteiger partial charge in [-0.2, -0.15) is 10.2 Å². The highest BCUT2D eigenvalue weighted by Gasteiger charge is 2.07. The summed E-state index contributed by atoms with van der Waals surface area (Å²) in [4.78, 5) is 12.9. The molecular formula is C15H14N8. The first-order valence-electron chi connectivity index (χ1n) is 7.13. The fraction of sp³-hybridized carbons (Fsp3) is 0.133. The maximum absolute atomic E-state index is 4.41. The quantitative estimate of drug-likeness (QED) is 0.615. The highest BCUT2D eigenvalue weighted by molar-refractivity contribution is 5.85. The summed E-state index contributed by atoms with van der Waals surface area (Å²) >= 11 is 0. The lowest BCUT2D eigenvalue weighted by atomic mass is 10.2. The fourth-order valence-electron chi connectivity index (χ4n) is 2.35. The van der Waals surface area contributed by atoms with Crippen LogP contribution >= 0.6 is 0 Å². The second-order valence-electron chi connectivity index (χ2n) is 5.06. The summed E-state index contributed by atoms with van der Waals surface area (Å²) in [5.41, 5.74) is 1.85. The smallest absolute Gasteiger partial charge is 0.163 e. The third kappa shape index (κ3) is 2.50. The van der Waals surface area contributed by atoms with E-state index in [0.717, 1.165) is 28.2 Å². The number of fused-ring (bicyclic) bond motifs is 1. The minimum atomic E-state index is 0.618. The van der Waals surface area contributed by atoms with E-state index < -0.39 is 0 Å². The van der Waals surface area contributed by atoms with Crippen LogP contribution in [-0.4, -0.2) is 34.5 Å². The van der Waals surface area contributed by atoms with Gasteiger partial charge in [-0.1, -0.05) is 6.07 Å². The number of hydrogen-bond acceptors (Lipinski definition) is 6. The fourth-order valence-corrected chi connectivity index (χ4v) is 2.35. The summed E-state index contributed by atoms with van der Waals surface area (Å²) in [7, 11) is 1.86. The van der Waals surface area contributed by atoms with Crippen molar-refractivity contribution in [2.45, 2.75) is 6.54 Å². The van der Waals surface area contributed by atoms with Crippen molar-refractivity contribution in [3.05, 3.63) is 54.9 Å². The van der Waals surface area contributed by atoms with Gasteiger partial charge >= 0.3 is 0 Å². The summed E-state index contributed by atoms with van der Waals surface area (Å²) in [6.45, 7) is 0.618. The molecule has 0 spiro atoms. The van der Waals surface area contributed by atoms with Gasteiger partial charge in [0.2, 0.25) is 0 Å². The Morgan fingerprint density at radius 2 is 2.04 bits per heavy atom. The summed E-state index contributed by atoms with van der Waals surface area (Å²) in [5, 5.41) is 12.6. The number of anilines is 1. The van der Waals surface area contributed by atoms with Gasteiger partial charge in [-0.3, -0.25) is 4.68 Å². The van der Waals surface area contributed by atoms with E-state index >= 15 is 0 Å². The van der Waals surface area contributed by atoms with E-state index in [0.29, 0.717) is 6.54 Å². The monoisotopic (exact) mass is 306 g/mol. The number of rotatable bonds is 4. The Kier molecular flexibility index (Phi) is 3.19. The maximum Gasteiger partial charge on any atom is 0.163 e. The van der Waals surface area contributed by atoms with Crippen LogP contribution < -0.4 is 5.32 Å². The molecule has 0 bridgehead atoms. The predicted molar refractivity (Wildman–Crippen MR) is 85.0 cm³/mol. The topological polar surface area (TPSA) is 86.3 Å². The Hall–Kier alpha value is -3.29. The van der Waals surface area contributed by atoms with Crippen molar-refractivity contribution in [3.8, 4) is 5.82 Å². The molecule has 1 N–H and O–H groups in total. The number of nitrogens with zero attached hydrogens (tertiary/aromatic N) is 7. The zero-order valence-electron chi connectivity index (χ0n) is 12.5. The van der Waals surface area contributed by atoms with E-state index in [4.69, 9.17) is 0 Å². The Balaban J connectivity index is 1.52. The molecule has 0 aromatic carbocycles. The first-order valence-corrected chi connectivity index (χ1v) is 7.13. The van der Waals surface area contributed by atoms with Crippen LogP contribution in [-0.2, 0) is 13.6 Å². The molecule has 4 aromatic rings. The summed E-state index contributed by atoms with van der Waals surface area (Å²) < 4.78 is 3.45.